The molecule has 0 radical (unpaired) electrons. The third-order valence-corrected chi connectivity index (χ3v) is 2.72. The van der Waals surface area contributed by atoms with E-state index in [9.17, 15) is 4.79 Å². The Morgan fingerprint density at radius 3 is 2.60 bits per heavy atom. The fourth-order valence-electron chi connectivity index (χ4n) is 2.00. The van der Waals surface area contributed by atoms with E-state index in [-0.39, 0.29) is 5.56 Å². The maximum Gasteiger partial charge on any atom is 0.273 e. The monoisotopic (exact) mass is 210 g/mol. The van der Waals surface area contributed by atoms with Crippen LogP contribution in [0.25, 0.3) is 0 Å². The van der Waals surface area contributed by atoms with Crippen molar-refractivity contribution in [2.75, 3.05) is 12.8 Å². The van der Waals surface area contributed by atoms with Gasteiger partial charge in [0.25, 0.3) is 5.56 Å². The quantitative estimate of drug-likeness (QED) is 0.730. The van der Waals surface area contributed by atoms with Crippen LogP contribution < -0.4 is 11.3 Å². The average molecular weight is 210 g/mol. The molecule has 1 aromatic heterocycles. The summed E-state index contributed by atoms with van der Waals surface area (Å²) in [5.74, 6) is 0. The van der Waals surface area contributed by atoms with E-state index in [4.69, 9.17) is 10.8 Å². The number of nitrogens with two attached hydrogens (primary N) is 1. The molecule has 0 amide bonds. The second-order valence-electron chi connectivity index (χ2n) is 3.61. The van der Waals surface area contributed by atoms with E-state index in [1.807, 2.05) is 12.3 Å². The molecule has 0 aromatic carbocycles. The minimum atomic E-state index is -0.0330. The number of hydrogen-bond donors (Lipinski definition) is 2. The van der Waals surface area contributed by atoms with Crippen molar-refractivity contribution < 1.29 is 5.11 Å². The number of nitrogens with zero attached hydrogens (tertiary/aromatic N) is 1. The van der Waals surface area contributed by atoms with E-state index in [1.54, 1.807) is 10.6 Å². The van der Waals surface area contributed by atoms with E-state index >= 15 is 0 Å². The summed E-state index contributed by atoms with van der Waals surface area (Å²) < 4.78 is 1.78. The summed E-state index contributed by atoms with van der Waals surface area (Å²) in [4.78, 5) is 11.6. The summed E-state index contributed by atoms with van der Waals surface area (Å²) in [5.41, 5.74) is 5.88. The van der Waals surface area contributed by atoms with Crippen molar-refractivity contribution in [3.8, 4) is 0 Å². The average Bonchev–Trinajstić information content (AvgIpc) is 2.78. The highest BCUT2D eigenvalue weighted by Gasteiger charge is 2.17. The van der Waals surface area contributed by atoms with Gasteiger partial charge in [-0.2, -0.15) is 0 Å². The molecule has 1 saturated carbocycles. The van der Waals surface area contributed by atoms with Crippen molar-refractivity contribution >= 4 is 5.69 Å². The molecule has 4 heteroatoms. The number of hydrogen-bond acceptors (Lipinski definition) is 3. The van der Waals surface area contributed by atoms with E-state index in [2.05, 4.69) is 0 Å². The number of anilines is 1. The van der Waals surface area contributed by atoms with E-state index in [1.165, 1.54) is 12.8 Å². The number of rotatable bonds is 1. The van der Waals surface area contributed by atoms with Crippen LogP contribution in [0.5, 0.6) is 0 Å². The van der Waals surface area contributed by atoms with Crippen LogP contribution in [0.3, 0.4) is 0 Å². The van der Waals surface area contributed by atoms with Gasteiger partial charge in [-0.05, 0) is 25.0 Å². The first-order valence-electron chi connectivity index (χ1n) is 5.20. The van der Waals surface area contributed by atoms with Gasteiger partial charge in [0.05, 0.1) is 5.69 Å². The lowest BCUT2D eigenvalue weighted by molar-refractivity contribution is 0.399. The molecule has 0 saturated heterocycles. The fourth-order valence-corrected chi connectivity index (χ4v) is 2.00. The molecular formula is C11H18N2O2. The topological polar surface area (TPSA) is 68.2 Å². The molecule has 0 unspecified atom stereocenters. The molecule has 4 nitrogen and oxygen atoms in total. The molecule has 15 heavy (non-hydrogen) atoms. The van der Waals surface area contributed by atoms with Gasteiger partial charge in [-0.25, -0.2) is 0 Å². The van der Waals surface area contributed by atoms with Gasteiger partial charge in [0.1, 0.15) is 0 Å². The summed E-state index contributed by atoms with van der Waals surface area (Å²) in [6.45, 7) is 0. The Balaban J connectivity index is 0.000000531. The molecule has 0 aliphatic heterocycles. The van der Waals surface area contributed by atoms with Crippen molar-refractivity contribution in [1.29, 1.82) is 0 Å². The first kappa shape index (κ1) is 11.8. The lowest BCUT2D eigenvalue weighted by atomic mass is 10.2. The minimum Gasteiger partial charge on any atom is -0.400 e. The van der Waals surface area contributed by atoms with Crippen LogP contribution in [-0.4, -0.2) is 16.8 Å². The van der Waals surface area contributed by atoms with Gasteiger partial charge < -0.3 is 15.4 Å². The van der Waals surface area contributed by atoms with Crippen molar-refractivity contribution in [2.45, 2.75) is 31.7 Å². The highest BCUT2D eigenvalue weighted by molar-refractivity contribution is 5.33. The number of pyridine rings is 1. The summed E-state index contributed by atoms with van der Waals surface area (Å²) in [7, 11) is 1.00. The third-order valence-electron chi connectivity index (χ3n) is 2.72. The Hall–Kier alpha value is -1.29. The molecule has 1 aliphatic carbocycles. The summed E-state index contributed by atoms with van der Waals surface area (Å²) >= 11 is 0. The zero-order chi connectivity index (χ0) is 11.3. The van der Waals surface area contributed by atoms with Crippen LogP contribution in [0.15, 0.2) is 23.1 Å². The van der Waals surface area contributed by atoms with E-state index < -0.39 is 0 Å². The van der Waals surface area contributed by atoms with Crippen LogP contribution in [0, 0.1) is 0 Å². The standard InChI is InChI=1S/C10H14N2O.CH4O/c11-9-6-3-7-12(10(9)13)8-4-1-2-5-8;1-2/h3,6-8H,1-2,4-5,11H2;2H,1H3. The minimum absolute atomic E-state index is 0.0330. The number of nitrogen functional groups attached to an aromatic ring is 1. The Bertz CT molecular complexity index is 354. The Kier molecular flexibility index (Phi) is 4.37. The second-order valence-corrected chi connectivity index (χ2v) is 3.61. The lowest BCUT2D eigenvalue weighted by Gasteiger charge is -2.12. The van der Waals surface area contributed by atoms with E-state index in [0.29, 0.717) is 11.7 Å². The maximum atomic E-state index is 11.6. The van der Waals surface area contributed by atoms with Crippen LogP contribution in [0.2, 0.25) is 0 Å². The number of aromatic nitrogens is 1. The van der Waals surface area contributed by atoms with Crippen molar-refractivity contribution in [2.24, 2.45) is 0 Å². The van der Waals surface area contributed by atoms with Gasteiger partial charge in [0, 0.05) is 19.3 Å². The summed E-state index contributed by atoms with van der Waals surface area (Å²) in [6.07, 6.45) is 6.53. The summed E-state index contributed by atoms with van der Waals surface area (Å²) in [5, 5.41) is 7.00. The van der Waals surface area contributed by atoms with Crippen molar-refractivity contribution in [3.05, 3.63) is 28.7 Å². The van der Waals surface area contributed by atoms with Crippen LogP contribution >= 0.6 is 0 Å². The third kappa shape index (κ3) is 2.59. The fraction of sp³-hybridized carbons (Fsp3) is 0.545. The Labute approximate surface area is 89.3 Å². The molecule has 1 aromatic rings. The maximum absolute atomic E-state index is 11.6. The molecular weight excluding hydrogens is 192 g/mol. The predicted molar refractivity (Wildman–Crippen MR) is 60.8 cm³/mol. The molecule has 1 heterocycles. The molecule has 3 N–H and O–H groups in total. The van der Waals surface area contributed by atoms with Gasteiger partial charge in [-0.1, -0.05) is 12.8 Å². The normalized spacial score (nSPS) is 15.9. The molecule has 1 fully saturated rings. The van der Waals surface area contributed by atoms with Crippen molar-refractivity contribution in [1.82, 2.24) is 4.57 Å². The first-order valence-corrected chi connectivity index (χ1v) is 5.20. The Morgan fingerprint density at radius 1 is 1.40 bits per heavy atom. The van der Waals surface area contributed by atoms with Gasteiger partial charge in [0.15, 0.2) is 0 Å². The van der Waals surface area contributed by atoms with Crippen molar-refractivity contribution in [3.63, 3.8) is 0 Å². The first-order chi connectivity index (χ1) is 7.29. The smallest absolute Gasteiger partial charge is 0.273 e. The van der Waals surface area contributed by atoms with Gasteiger partial charge >= 0.3 is 0 Å². The largest absolute Gasteiger partial charge is 0.400 e. The van der Waals surface area contributed by atoms with Crippen LogP contribution in [0.4, 0.5) is 5.69 Å². The molecule has 2 rings (SSSR count). The molecule has 0 bridgehead atoms. The zero-order valence-electron chi connectivity index (χ0n) is 9.02. The lowest BCUT2D eigenvalue weighted by Crippen LogP contribution is -2.24. The molecule has 84 valence electrons. The molecule has 1 aliphatic rings. The predicted octanol–water partition coefficient (Wildman–Crippen LogP) is 1.15. The highest BCUT2D eigenvalue weighted by Crippen LogP contribution is 2.27. The highest BCUT2D eigenvalue weighted by atomic mass is 16.2. The van der Waals surface area contributed by atoms with Crippen LogP contribution in [0.1, 0.15) is 31.7 Å². The summed E-state index contributed by atoms with van der Waals surface area (Å²) in [6, 6.07) is 3.89. The SMILES string of the molecule is CO.Nc1cccn(C2CCCC2)c1=O. The number of aliphatic hydroxyl groups is 1. The molecule has 0 atom stereocenters. The van der Waals surface area contributed by atoms with Gasteiger partial charge in [-0.15, -0.1) is 0 Å². The Morgan fingerprint density at radius 2 is 2.00 bits per heavy atom. The van der Waals surface area contributed by atoms with Gasteiger partial charge in [0.2, 0.25) is 0 Å². The van der Waals surface area contributed by atoms with E-state index in [0.717, 1.165) is 20.0 Å². The van der Waals surface area contributed by atoms with Gasteiger partial charge in [-0.3, -0.25) is 4.79 Å². The molecule has 0 spiro atoms. The second kappa shape index (κ2) is 5.56. The number of aliphatic hydroxyl groups excluding tert-OH is 1. The zero-order valence-corrected chi connectivity index (χ0v) is 9.02. The van der Waals surface area contributed by atoms with Crippen LogP contribution in [-0.2, 0) is 0 Å².